The number of hydrogen-bond acceptors (Lipinski definition) is 5. The number of carbonyl (C=O) groups excluding carboxylic acids is 2. The summed E-state index contributed by atoms with van der Waals surface area (Å²) in [6, 6.07) is 10.6. The quantitative estimate of drug-likeness (QED) is 0.639. The van der Waals surface area contributed by atoms with Crippen molar-refractivity contribution in [1.82, 2.24) is 9.80 Å². The molecule has 7 nitrogen and oxygen atoms in total. The van der Waals surface area contributed by atoms with Crippen LogP contribution in [0.3, 0.4) is 0 Å². The predicted molar refractivity (Wildman–Crippen MR) is 125 cm³/mol. The van der Waals surface area contributed by atoms with E-state index in [-0.39, 0.29) is 23.7 Å². The second-order valence-electron chi connectivity index (χ2n) is 8.42. The Morgan fingerprint density at radius 3 is 2.03 bits per heavy atom. The first-order valence-electron chi connectivity index (χ1n) is 11.1. The minimum atomic E-state index is -0.345. The number of rotatable bonds is 6. The van der Waals surface area contributed by atoms with Crippen molar-refractivity contribution in [3.8, 4) is 17.2 Å². The summed E-state index contributed by atoms with van der Waals surface area (Å²) in [5, 5.41) is 0.574. The fourth-order valence-electron chi connectivity index (χ4n) is 4.82. The van der Waals surface area contributed by atoms with E-state index in [0.717, 1.165) is 31.5 Å². The Morgan fingerprint density at radius 2 is 1.48 bits per heavy atom. The second kappa shape index (κ2) is 9.91. The lowest BCUT2D eigenvalue weighted by Crippen LogP contribution is -2.37. The molecular weight excluding hydrogens is 444 g/mol. The molecular formula is C25H29ClN2O5. The Balaban J connectivity index is 1.69. The van der Waals surface area contributed by atoms with E-state index in [9.17, 15) is 9.59 Å². The molecule has 2 aliphatic heterocycles. The number of carbonyl (C=O) groups is 2. The Kier molecular flexibility index (Phi) is 6.98. The van der Waals surface area contributed by atoms with Crippen molar-refractivity contribution in [1.29, 1.82) is 0 Å². The maximum atomic E-state index is 13.5. The summed E-state index contributed by atoms with van der Waals surface area (Å²) < 4.78 is 16.5. The van der Waals surface area contributed by atoms with Crippen molar-refractivity contribution < 1.29 is 23.8 Å². The molecule has 0 radical (unpaired) electrons. The molecule has 0 N–H and O–H groups in total. The van der Waals surface area contributed by atoms with Crippen LogP contribution in [0.2, 0.25) is 5.02 Å². The molecule has 0 aromatic heterocycles. The maximum absolute atomic E-state index is 13.5. The topological polar surface area (TPSA) is 68.3 Å². The lowest BCUT2D eigenvalue weighted by atomic mass is 9.87. The summed E-state index contributed by atoms with van der Waals surface area (Å²) in [6.45, 7) is 2.31. The van der Waals surface area contributed by atoms with E-state index < -0.39 is 0 Å². The summed E-state index contributed by atoms with van der Waals surface area (Å²) in [6.07, 6.45) is 2.03. The number of likely N-dealkylation sites (tertiary alicyclic amines) is 2. The smallest absolute Gasteiger partial charge is 0.253 e. The van der Waals surface area contributed by atoms with Gasteiger partial charge in [0.1, 0.15) is 0 Å². The summed E-state index contributed by atoms with van der Waals surface area (Å²) in [5.41, 5.74) is 1.44. The van der Waals surface area contributed by atoms with E-state index in [4.69, 9.17) is 25.8 Å². The van der Waals surface area contributed by atoms with Gasteiger partial charge in [-0.05, 0) is 54.8 Å². The van der Waals surface area contributed by atoms with Crippen LogP contribution < -0.4 is 14.2 Å². The van der Waals surface area contributed by atoms with Crippen LogP contribution in [0.5, 0.6) is 17.2 Å². The van der Waals surface area contributed by atoms with Gasteiger partial charge in [-0.25, -0.2) is 0 Å². The SMILES string of the molecule is COc1cc([C@@H]2CN(C(=O)c3ccc(Cl)cc3)C[C@H]2C(=O)N2CCCC2)cc(OC)c1OC. The standard InChI is InChI=1S/C25H29ClN2O5/c1-31-21-12-17(13-22(32-2)23(21)33-3)19-14-28(24(29)16-6-8-18(26)9-7-16)15-20(19)25(30)27-10-4-5-11-27/h6-9,12-13,19-20H,4-5,10-11,14-15H2,1-3H3/t19-,20+/m0/s1. The molecule has 0 spiro atoms. The highest BCUT2D eigenvalue weighted by Gasteiger charge is 2.43. The van der Waals surface area contributed by atoms with Gasteiger partial charge < -0.3 is 24.0 Å². The minimum Gasteiger partial charge on any atom is -0.493 e. The number of methoxy groups -OCH3 is 3. The molecule has 176 valence electrons. The van der Waals surface area contributed by atoms with E-state index in [1.165, 1.54) is 0 Å². The highest BCUT2D eigenvalue weighted by Crippen LogP contribution is 2.44. The van der Waals surface area contributed by atoms with Crippen molar-refractivity contribution in [2.75, 3.05) is 47.5 Å². The first kappa shape index (κ1) is 23.2. The minimum absolute atomic E-state index is 0.0951. The number of halogens is 1. The lowest BCUT2D eigenvalue weighted by molar-refractivity contribution is -0.134. The van der Waals surface area contributed by atoms with Crippen LogP contribution in [0.15, 0.2) is 36.4 Å². The monoisotopic (exact) mass is 472 g/mol. The molecule has 2 heterocycles. The van der Waals surface area contributed by atoms with Gasteiger partial charge in [-0.3, -0.25) is 9.59 Å². The Bertz CT molecular complexity index is 995. The number of benzene rings is 2. The highest BCUT2D eigenvalue weighted by atomic mass is 35.5. The highest BCUT2D eigenvalue weighted by molar-refractivity contribution is 6.30. The van der Waals surface area contributed by atoms with Gasteiger partial charge in [0.2, 0.25) is 11.7 Å². The zero-order valence-electron chi connectivity index (χ0n) is 19.2. The van der Waals surface area contributed by atoms with Crippen molar-refractivity contribution in [2.45, 2.75) is 18.8 Å². The zero-order chi connectivity index (χ0) is 23.5. The molecule has 2 saturated heterocycles. The average Bonchev–Trinajstić information content (AvgIpc) is 3.53. The van der Waals surface area contributed by atoms with E-state index in [2.05, 4.69) is 0 Å². The Labute approximate surface area is 199 Å². The molecule has 2 fully saturated rings. The summed E-state index contributed by atoms with van der Waals surface area (Å²) in [4.78, 5) is 30.4. The predicted octanol–water partition coefficient (Wildman–Crippen LogP) is 3.84. The van der Waals surface area contributed by atoms with Gasteiger partial charge in [-0.15, -0.1) is 0 Å². The molecule has 2 aromatic rings. The van der Waals surface area contributed by atoms with E-state index in [1.807, 2.05) is 17.0 Å². The van der Waals surface area contributed by atoms with Gasteiger partial charge in [0.05, 0.1) is 27.2 Å². The van der Waals surface area contributed by atoms with Crippen LogP contribution in [-0.4, -0.2) is 69.1 Å². The van der Waals surface area contributed by atoms with E-state index in [1.54, 1.807) is 50.5 Å². The number of amides is 2. The van der Waals surface area contributed by atoms with Crippen LogP contribution in [0, 0.1) is 5.92 Å². The van der Waals surface area contributed by atoms with Gasteiger partial charge in [0.15, 0.2) is 11.5 Å². The third-order valence-corrected chi connectivity index (χ3v) is 6.80. The number of ether oxygens (including phenoxy) is 3. The average molecular weight is 473 g/mol. The van der Waals surface area contributed by atoms with Gasteiger partial charge in [0.25, 0.3) is 5.91 Å². The van der Waals surface area contributed by atoms with Crippen molar-refractivity contribution in [2.24, 2.45) is 5.92 Å². The maximum Gasteiger partial charge on any atom is 0.253 e. The van der Waals surface area contributed by atoms with Crippen molar-refractivity contribution >= 4 is 23.4 Å². The van der Waals surface area contributed by atoms with Crippen molar-refractivity contribution in [3.05, 3.63) is 52.5 Å². The first-order chi connectivity index (χ1) is 16.0. The molecule has 0 unspecified atom stereocenters. The van der Waals surface area contributed by atoms with Gasteiger partial charge >= 0.3 is 0 Å². The summed E-state index contributed by atoms with van der Waals surface area (Å²) in [5.74, 6) is 1.00. The molecule has 2 aliphatic rings. The molecule has 2 aromatic carbocycles. The third-order valence-electron chi connectivity index (χ3n) is 6.55. The van der Waals surface area contributed by atoms with Crippen LogP contribution in [-0.2, 0) is 4.79 Å². The van der Waals surface area contributed by atoms with Crippen LogP contribution in [0.1, 0.15) is 34.7 Å². The molecule has 0 saturated carbocycles. The van der Waals surface area contributed by atoms with Crippen LogP contribution in [0.4, 0.5) is 0 Å². The first-order valence-corrected chi connectivity index (χ1v) is 11.5. The lowest BCUT2D eigenvalue weighted by Gasteiger charge is -2.25. The molecule has 33 heavy (non-hydrogen) atoms. The fourth-order valence-corrected chi connectivity index (χ4v) is 4.95. The Morgan fingerprint density at radius 1 is 0.879 bits per heavy atom. The summed E-state index contributed by atoms with van der Waals surface area (Å²) >= 11 is 5.99. The molecule has 8 heteroatoms. The molecule has 2 atom stereocenters. The van der Waals surface area contributed by atoms with Crippen molar-refractivity contribution in [3.63, 3.8) is 0 Å². The summed E-state index contributed by atoms with van der Waals surface area (Å²) in [7, 11) is 4.69. The third kappa shape index (κ3) is 4.60. The van der Waals surface area contributed by atoms with Gasteiger partial charge in [-0.2, -0.15) is 0 Å². The van der Waals surface area contributed by atoms with E-state index in [0.29, 0.717) is 40.9 Å². The zero-order valence-corrected chi connectivity index (χ0v) is 19.9. The van der Waals surface area contributed by atoms with Gasteiger partial charge in [0, 0.05) is 42.7 Å². The molecule has 0 aliphatic carbocycles. The second-order valence-corrected chi connectivity index (χ2v) is 8.86. The van der Waals surface area contributed by atoms with E-state index >= 15 is 0 Å². The van der Waals surface area contributed by atoms with Crippen LogP contribution >= 0.6 is 11.6 Å². The number of nitrogens with zero attached hydrogens (tertiary/aromatic N) is 2. The molecule has 2 amide bonds. The number of hydrogen-bond donors (Lipinski definition) is 0. The Hall–Kier alpha value is -2.93. The van der Waals surface area contributed by atoms with Gasteiger partial charge in [-0.1, -0.05) is 11.6 Å². The molecule has 4 rings (SSSR count). The largest absolute Gasteiger partial charge is 0.493 e. The van der Waals surface area contributed by atoms with Crippen LogP contribution in [0.25, 0.3) is 0 Å². The fraction of sp³-hybridized carbons (Fsp3) is 0.440. The molecule has 0 bridgehead atoms. The normalized spacial score (nSPS) is 20.1.